The van der Waals surface area contributed by atoms with E-state index in [4.69, 9.17) is 42.6 Å². The first-order chi connectivity index (χ1) is 39.2. The highest BCUT2D eigenvalue weighted by atomic mass is 16.8. The van der Waals surface area contributed by atoms with Crippen LogP contribution in [-0.2, 0) is 52.2 Å². The first-order valence-electron chi connectivity index (χ1n) is 29.9. The molecule has 480 valence electrons. The molecule has 14 N–H and O–H groups in total. The number of carboxylic acid groups (broad SMARTS) is 1. The van der Waals surface area contributed by atoms with Crippen LogP contribution in [0.3, 0.4) is 0 Å². The minimum Gasteiger partial charge on any atom is -0.479 e. The summed E-state index contributed by atoms with van der Waals surface area (Å²) in [6.45, 7) is 17.8. The second-order valence-corrected chi connectivity index (χ2v) is 27.9. The second-order valence-electron chi connectivity index (χ2n) is 27.9. The summed E-state index contributed by atoms with van der Waals surface area (Å²) in [4.78, 5) is 26.7. The van der Waals surface area contributed by atoms with Crippen molar-refractivity contribution in [3.63, 3.8) is 0 Å². The van der Waals surface area contributed by atoms with Crippen LogP contribution in [0.4, 0.5) is 0 Å². The molecule has 30 atom stereocenters. The Hall–Kier alpha value is -2.42. The van der Waals surface area contributed by atoms with Gasteiger partial charge in [0.2, 0.25) is 0 Å². The molecular weight excluding hydrogens is 1110 g/mol. The van der Waals surface area contributed by atoms with E-state index in [1.807, 2.05) is 13.8 Å². The number of fused-ring (bicyclic) bond motifs is 7. The third-order valence-corrected chi connectivity index (χ3v) is 22.5. The number of esters is 1. The molecule has 4 aliphatic heterocycles. The van der Waals surface area contributed by atoms with Gasteiger partial charge in [-0.15, -0.1) is 0 Å². The number of carboxylic acids is 1. The number of aliphatic carboxylic acids is 1. The quantitative estimate of drug-likeness (QED) is 0.0430. The number of allylic oxidation sites excluding steroid dienone is 3. The van der Waals surface area contributed by atoms with Gasteiger partial charge in [0, 0.05) is 5.57 Å². The van der Waals surface area contributed by atoms with Crippen LogP contribution in [0.1, 0.15) is 121 Å². The van der Waals surface area contributed by atoms with E-state index < -0.39 is 188 Å². The molecule has 0 radical (unpaired) electrons. The van der Waals surface area contributed by atoms with E-state index in [0.717, 1.165) is 0 Å². The number of aliphatic hydroxyl groups is 13. The monoisotopic (exact) mass is 1200 g/mol. The van der Waals surface area contributed by atoms with Crippen LogP contribution in [0.25, 0.3) is 0 Å². The predicted molar refractivity (Wildman–Crippen MR) is 288 cm³/mol. The third kappa shape index (κ3) is 10.8. The Morgan fingerprint density at radius 2 is 1.19 bits per heavy atom. The van der Waals surface area contributed by atoms with E-state index in [1.165, 1.54) is 12.5 Å². The van der Waals surface area contributed by atoms with Gasteiger partial charge in [-0.25, -0.2) is 9.59 Å². The molecule has 0 bridgehead atoms. The Bertz CT molecular complexity index is 2420. The zero-order valence-electron chi connectivity index (χ0n) is 49.7. The molecule has 25 heteroatoms. The average Bonchev–Trinajstić information content (AvgIpc) is 0.685. The predicted octanol–water partition coefficient (Wildman–Crippen LogP) is -0.983. The Kier molecular flexibility index (Phi) is 18.9. The number of hydrogen-bond acceptors (Lipinski definition) is 24. The van der Waals surface area contributed by atoms with Crippen LogP contribution in [0.15, 0.2) is 23.3 Å². The molecule has 25 nitrogen and oxygen atoms in total. The minimum atomic E-state index is -2.26. The first-order valence-corrected chi connectivity index (χ1v) is 29.9. The van der Waals surface area contributed by atoms with Crippen LogP contribution >= 0.6 is 0 Å². The Balaban J connectivity index is 1.04. The zero-order chi connectivity index (χ0) is 61.9. The fraction of sp³-hybridized carbons (Fsp3) is 0.898. The van der Waals surface area contributed by atoms with Gasteiger partial charge in [-0.2, -0.15) is 0 Å². The van der Waals surface area contributed by atoms with Crippen molar-refractivity contribution in [3.05, 3.63) is 23.3 Å². The molecule has 0 aromatic heterocycles. The fourth-order valence-electron chi connectivity index (χ4n) is 17.3. The van der Waals surface area contributed by atoms with Gasteiger partial charge >= 0.3 is 11.9 Å². The Labute approximate surface area is 489 Å². The van der Waals surface area contributed by atoms with Gasteiger partial charge in [-0.1, -0.05) is 66.2 Å². The molecule has 0 aromatic rings. The van der Waals surface area contributed by atoms with Crippen molar-refractivity contribution in [3.8, 4) is 0 Å². The van der Waals surface area contributed by atoms with Crippen LogP contribution in [-0.4, -0.2) is 244 Å². The maximum absolute atomic E-state index is 13.4. The van der Waals surface area contributed by atoms with Crippen LogP contribution in [0.2, 0.25) is 0 Å². The second kappa shape index (κ2) is 24.1. The maximum atomic E-state index is 13.4. The van der Waals surface area contributed by atoms with E-state index in [9.17, 15) is 81.1 Å². The number of carbonyl (C=O) groups is 2. The molecular formula is C59H94O25. The molecule has 84 heavy (non-hydrogen) atoms. The van der Waals surface area contributed by atoms with Gasteiger partial charge in [0.25, 0.3) is 0 Å². The summed E-state index contributed by atoms with van der Waals surface area (Å²) < 4.78 is 55.4. The average molecular weight is 1200 g/mol. The topological polar surface area (TPSA) is 400 Å². The van der Waals surface area contributed by atoms with E-state index in [1.54, 1.807) is 19.9 Å². The molecule has 9 aliphatic rings. The van der Waals surface area contributed by atoms with Crippen molar-refractivity contribution in [2.45, 2.75) is 262 Å². The summed E-state index contributed by atoms with van der Waals surface area (Å²) in [5.74, 6) is -2.53. The van der Waals surface area contributed by atoms with Gasteiger partial charge in [-0.05, 0) is 117 Å². The molecule has 4 saturated carbocycles. The van der Waals surface area contributed by atoms with Gasteiger partial charge in [0.1, 0.15) is 91.6 Å². The molecule has 4 heterocycles. The Morgan fingerprint density at radius 1 is 0.619 bits per heavy atom. The number of ether oxygens (including phenoxy) is 9. The van der Waals surface area contributed by atoms with Crippen molar-refractivity contribution >= 4 is 11.9 Å². The largest absolute Gasteiger partial charge is 0.479 e. The smallest absolute Gasteiger partial charge is 0.335 e. The fourth-order valence-corrected chi connectivity index (χ4v) is 17.3. The molecule has 0 amide bonds. The van der Waals surface area contributed by atoms with Crippen molar-refractivity contribution in [1.29, 1.82) is 0 Å². The Morgan fingerprint density at radius 3 is 1.80 bits per heavy atom. The maximum Gasteiger partial charge on any atom is 0.335 e. The summed E-state index contributed by atoms with van der Waals surface area (Å²) in [6.07, 6.45) is -31.8. The highest BCUT2D eigenvalue weighted by molar-refractivity contribution is 5.87. The number of hydrogen-bond donors (Lipinski definition) is 14. The summed E-state index contributed by atoms with van der Waals surface area (Å²) in [7, 11) is 0. The first kappa shape index (κ1) is 66.0. The lowest BCUT2D eigenvalue weighted by Crippen LogP contribution is -2.70. The number of rotatable bonds is 14. The number of aliphatic hydroxyl groups excluding tert-OH is 13. The van der Waals surface area contributed by atoms with Crippen molar-refractivity contribution < 1.29 is 124 Å². The SMILES string of the molecule is C/C=C(\C)C(=O)O[C@H]1CC(C)(C)C[C@H]2C3=CC[C@@H]4[C@@]5(C)CC[C@H](O[C@@H]6O[C@H](C(=O)O)[C@@H](O)[C@H](O[C@@H]7O[C@H](CO)[C@H](O)[C@H](O)[C@H]7O[C@@H]7O[C@@H](C)[C@H](O)[C@@H](O)[C@H]7O)[C@H]6O[C@@H]6O[C@H](CO)[C@@H](O)[C@H](O)[C@H]6O)C(C)(C)[C@@H]5CC[C@@]4(C)[C@]3(C)C[C@@H](O)[C@@]12CO. The highest BCUT2D eigenvalue weighted by Gasteiger charge is 2.72. The summed E-state index contributed by atoms with van der Waals surface area (Å²) >= 11 is 0. The number of carbonyl (C=O) groups excluding carboxylic acids is 1. The molecule has 8 fully saturated rings. The van der Waals surface area contributed by atoms with Gasteiger partial charge in [-0.3, -0.25) is 0 Å². The van der Waals surface area contributed by atoms with Crippen LogP contribution in [0.5, 0.6) is 0 Å². The van der Waals surface area contributed by atoms with Crippen molar-refractivity contribution in [2.24, 2.45) is 50.2 Å². The molecule has 9 rings (SSSR count). The van der Waals surface area contributed by atoms with Crippen LogP contribution < -0.4 is 0 Å². The zero-order valence-corrected chi connectivity index (χ0v) is 49.7. The van der Waals surface area contributed by atoms with Gasteiger partial charge in [0.15, 0.2) is 31.3 Å². The van der Waals surface area contributed by atoms with E-state index in [-0.39, 0.29) is 35.2 Å². The van der Waals surface area contributed by atoms with Crippen LogP contribution in [0, 0.1) is 50.2 Å². The summed E-state index contributed by atoms with van der Waals surface area (Å²) in [6, 6.07) is 0. The standard InChI is InChI=1S/C59H94O25/c1-11-24(2)49(75)79-34-20-54(4,5)18-27-26-12-13-31-56(8)16-15-33(55(6,7)30(56)14-17-57(31,9)58(26,10)19-32(63)59(27,34)23-62)80-53-47(84-51-42(71)39(68)36(65)28(21-60)77-51)44(43(72)45(82-53)48(73)74)81-52-46(40(69)37(66)29(22-61)78-52)83-50-41(70)38(67)35(64)25(3)76-50/h11-12,25,27-47,50-53,60-72H,13-23H2,1-10H3,(H,73,74)/b24-11+/t25-,27-,28+,29+,30-,31+,32+,33-,34-,35-,36+,37-,38+,39-,40-,41+,42+,43-,44-,45-,46+,47+,50-,51-,52-,53+,56-,57+,58+,59-/m0/s1. The van der Waals surface area contributed by atoms with Gasteiger partial charge in [0.05, 0.1) is 43.5 Å². The van der Waals surface area contributed by atoms with E-state index >= 15 is 0 Å². The van der Waals surface area contributed by atoms with E-state index in [0.29, 0.717) is 56.9 Å². The van der Waals surface area contributed by atoms with Crippen molar-refractivity contribution in [2.75, 3.05) is 19.8 Å². The molecule has 4 saturated heterocycles. The molecule has 0 spiro atoms. The molecule has 0 unspecified atom stereocenters. The molecule has 0 aromatic carbocycles. The lowest BCUT2D eigenvalue weighted by molar-refractivity contribution is -0.406. The third-order valence-electron chi connectivity index (χ3n) is 22.5. The summed E-state index contributed by atoms with van der Waals surface area (Å²) in [5, 5.41) is 155. The van der Waals surface area contributed by atoms with E-state index in [2.05, 4.69) is 40.7 Å². The lowest BCUT2D eigenvalue weighted by atomic mass is 9.33. The highest BCUT2D eigenvalue weighted by Crippen LogP contribution is 2.76. The summed E-state index contributed by atoms with van der Waals surface area (Å²) in [5.41, 5.74) is -1.94. The molecule has 5 aliphatic carbocycles. The minimum absolute atomic E-state index is 0.0468. The van der Waals surface area contributed by atoms with Crippen molar-refractivity contribution in [1.82, 2.24) is 0 Å². The normalized spacial score (nSPS) is 51.9. The van der Waals surface area contributed by atoms with Gasteiger partial charge < -0.3 is 114 Å². The lowest BCUT2D eigenvalue weighted by Gasteiger charge is -2.72.